The highest BCUT2D eigenvalue weighted by Crippen LogP contribution is 2.32. The van der Waals surface area contributed by atoms with Crippen LogP contribution in [0.1, 0.15) is 12.8 Å². The van der Waals surface area contributed by atoms with Crippen LogP contribution in [-0.2, 0) is 9.53 Å². The molecule has 0 aromatic heterocycles. The number of amides is 1. The van der Waals surface area contributed by atoms with Crippen molar-refractivity contribution in [2.75, 3.05) is 50.8 Å². The van der Waals surface area contributed by atoms with E-state index in [1.807, 2.05) is 17.0 Å². The van der Waals surface area contributed by atoms with Crippen molar-refractivity contribution in [1.29, 1.82) is 0 Å². The summed E-state index contributed by atoms with van der Waals surface area (Å²) in [6.07, 6.45) is 1.45. The van der Waals surface area contributed by atoms with E-state index in [9.17, 15) is 9.90 Å². The predicted octanol–water partition coefficient (Wildman–Crippen LogP) is 1.64. The number of nitrogens with zero attached hydrogens (tertiary/aromatic N) is 2. The number of rotatable bonds is 3. The Bertz CT molecular complexity index is 543. The third-order valence-corrected chi connectivity index (χ3v) is 5.08. The van der Waals surface area contributed by atoms with Gasteiger partial charge in [-0.3, -0.25) is 4.79 Å². The molecule has 3 rings (SSSR count). The maximum atomic E-state index is 12.9. The number of phenolic OH excluding ortho intramolecular Hbond substituents is 1. The van der Waals surface area contributed by atoms with Crippen LogP contribution in [0.15, 0.2) is 24.3 Å². The quantitative estimate of drug-likeness (QED) is 0.818. The number of phenols is 1. The predicted molar refractivity (Wildman–Crippen MR) is 103 cm³/mol. The normalized spacial score (nSPS) is 19.6. The van der Waals surface area contributed by atoms with E-state index < -0.39 is 5.41 Å². The molecule has 6 nitrogen and oxygen atoms in total. The van der Waals surface area contributed by atoms with E-state index in [1.165, 1.54) is 0 Å². The second-order valence-electron chi connectivity index (χ2n) is 6.39. The highest BCUT2D eigenvalue weighted by molar-refractivity contribution is 5.85. The Kier molecular flexibility index (Phi) is 8.28. The van der Waals surface area contributed by atoms with Crippen molar-refractivity contribution >= 4 is 36.4 Å². The number of nitrogens with two attached hydrogens (primary N) is 1. The lowest BCUT2D eigenvalue weighted by molar-refractivity contribution is -0.147. The lowest BCUT2D eigenvalue weighted by atomic mass is 9.78. The van der Waals surface area contributed by atoms with Gasteiger partial charge in [0.15, 0.2) is 0 Å². The van der Waals surface area contributed by atoms with Crippen LogP contribution in [0.4, 0.5) is 5.69 Å². The van der Waals surface area contributed by atoms with E-state index in [1.54, 1.807) is 12.1 Å². The number of ether oxygens (including phenoxy) is 1. The maximum Gasteiger partial charge on any atom is 0.230 e. The highest BCUT2D eigenvalue weighted by atomic mass is 35.5. The monoisotopic (exact) mass is 391 g/mol. The first kappa shape index (κ1) is 21.8. The lowest BCUT2D eigenvalue weighted by Gasteiger charge is -2.42. The van der Waals surface area contributed by atoms with Gasteiger partial charge in [-0.05, 0) is 37.1 Å². The number of carbonyl (C=O) groups is 1. The summed E-state index contributed by atoms with van der Waals surface area (Å²) < 4.78 is 5.39. The van der Waals surface area contributed by atoms with Crippen molar-refractivity contribution < 1.29 is 14.6 Å². The Morgan fingerprint density at radius 1 is 1.08 bits per heavy atom. The fourth-order valence-corrected chi connectivity index (χ4v) is 3.43. The molecule has 1 aromatic carbocycles. The van der Waals surface area contributed by atoms with Crippen molar-refractivity contribution in [3.05, 3.63) is 24.3 Å². The zero-order valence-corrected chi connectivity index (χ0v) is 15.9. The molecule has 2 aliphatic heterocycles. The van der Waals surface area contributed by atoms with Gasteiger partial charge >= 0.3 is 0 Å². The molecule has 0 bridgehead atoms. The van der Waals surface area contributed by atoms with Crippen LogP contribution in [0.2, 0.25) is 0 Å². The Labute approximate surface area is 161 Å². The van der Waals surface area contributed by atoms with Crippen LogP contribution >= 0.6 is 24.8 Å². The first-order chi connectivity index (χ1) is 11.1. The summed E-state index contributed by atoms with van der Waals surface area (Å²) in [6, 6.07) is 7.20. The number of hydrogen-bond acceptors (Lipinski definition) is 5. The molecule has 0 aliphatic carbocycles. The minimum atomic E-state index is -0.432. The van der Waals surface area contributed by atoms with Gasteiger partial charge in [-0.2, -0.15) is 0 Å². The maximum absolute atomic E-state index is 12.9. The molecule has 1 aromatic rings. The smallest absolute Gasteiger partial charge is 0.230 e. The molecule has 3 N–H and O–H groups in total. The minimum Gasteiger partial charge on any atom is -0.508 e. The third-order valence-electron chi connectivity index (χ3n) is 5.08. The fraction of sp³-hybridized carbons (Fsp3) is 0.588. The summed E-state index contributed by atoms with van der Waals surface area (Å²) in [5.74, 6) is 0.459. The molecule has 2 heterocycles. The van der Waals surface area contributed by atoms with Crippen LogP contribution < -0.4 is 10.6 Å². The van der Waals surface area contributed by atoms with E-state index in [-0.39, 0.29) is 36.5 Å². The largest absolute Gasteiger partial charge is 0.508 e. The van der Waals surface area contributed by atoms with E-state index in [0.717, 1.165) is 31.6 Å². The SMILES string of the molecule is Cl.Cl.NCC1(C(=O)N2CCN(c3ccc(O)cc3)CC2)CCOCC1. The van der Waals surface area contributed by atoms with E-state index in [4.69, 9.17) is 10.5 Å². The number of carbonyl (C=O) groups excluding carboxylic acids is 1. The van der Waals surface area contributed by atoms with Gasteiger partial charge in [-0.15, -0.1) is 24.8 Å². The molecule has 2 aliphatic rings. The summed E-state index contributed by atoms with van der Waals surface area (Å²) in [5.41, 5.74) is 6.59. The number of benzene rings is 1. The van der Waals surface area contributed by atoms with Gasteiger partial charge in [-0.25, -0.2) is 0 Å². The second-order valence-corrected chi connectivity index (χ2v) is 6.39. The Hall–Kier alpha value is -1.21. The van der Waals surface area contributed by atoms with Gasteiger partial charge in [0.1, 0.15) is 5.75 Å². The number of hydrogen-bond donors (Lipinski definition) is 2. The molecule has 142 valence electrons. The highest BCUT2D eigenvalue weighted by Gasteiger charge is 2.42. The minimum absolute atomic E-state index is 0. The summed E-state index contributed by atoms with van der Waals surface area (Å²) in [7, 11) is 0. The Morgan fingerprint density at radius 3 is 2.16 bits per heavy atom. The summed E-state index contributed by atoms with van der Waals surface area (Å²) in [4.78, 5) is 17.1. The number of piperazine rings is 1. The fourth-order valence-electron chi connectivity index (χ4n) is 3.43. The van der Waals surface area contributed by atoms with Crippen LogP contribution in [0.25, 0.3) is 0 Å². The second kappa shape index (κ2) is 9.48. The van der Waals surface area contributed by atoms with Gasteiger partial charge in [0.05, 0.1) is 5.41 Å². The van der Waals surface area contributed by atoms with Crippen LogP contribution in [0.3, 0.4) is 0 Å². The first-order valence-corrected chi connectivity index (χ1v) is 8.26. The summed E-state index contributed by atoms with van der Waals surface area (Å²) in [5, 5.41) is 9.38. The van der Waals surface area contributed by atoms with Crippen molar-refractivity contribution in [1.82, 2.24) is 4.90 Å². The molecule has 2 saturated heterocycles. The average Bonchev–Trinajstić information content (AvgIpc) is 2.62. The van der Waals surface area contributed by atoms with Gasteiger partial charge in [-0.1, -0.05) is 0 Å². The molecule has 0 saturated carbocycles. The van der Waals surface area contributed by atoms with Crippen molar-refractivity contribution in [3.8, 4) is 5.75 Å². The lowest BCUT2D eigenvalue weighted by Crippen LogP contribution is -2.56. The van der Waals surface area contributed by atoms with Gasteiger partial charge in [0.2, 0.25) is 5.91 Å². The van der Waals surface area contributed by atoms with E-state index in [0.29, 0.717) is 32.8 Å². The third kappa shape index (κ3) is 4.70. The molecule has 0 atom stereocenters. The van der Waals surface area contributed by atoms with Crippen molar-refractivity contribution in [2.45, 2.75) is 12.8 Å². The molecule has 0 radical (unpaired) electrons. The molecule has 25 heavy (non-hydrogen) atoms. The van der Waals surface area contributed by atoms with Crippen LogP contribution in [0.5, 0.6) is 5.75 Å². The van der Waals surface area contributed by atoms with Crippen LogP contribution in [-0.4, -0.2) is 61.9 Å². The zero-order valence-electron chi connectivity index (χ0n) is 14.2. The Balaban J connectivity index is 0.00000156. The molecular weight excluding hydrogens is 365 g/mol. The summed E-state index contributed by atoms with van der Waals surface area (Å²) >= 11 is 0. The topological polar surface area (TPSA) is 79.0 Å². The number of halogens is 2. The van der Waals surface area contributed by atoms with Crippen LogP contribution in [0, 0.1) is 5.41 Å². The van der Waals surface area contributed by atoms with E-state index in [2.05, 4.69) is 4.90 Å². The Morgan fingerprint density at radius 2 is 1.64 bits per heavy atom. The molecule has 2 fully saturated rings. The summed E-state index contributed by atoms with van der Waals surface area (Å²) in [6.45, 7) is 4.66. The molecule has 1 amide bonds. The molecule has 8 heteroatoms. The van der Waals surface area contributed by atoms with Gasteiger partial charge in [0, 0.05) is 51.6 Å². The van der Waals surface area contributed by atoms with Gasteiger partial charge in [0.25, 0.3) is 0 Å². The molecule has 0 spiro atoms. The van der Waals surface area contributed by atoms with E-state index >= 15 is 0 Å². The van der Waals surface area contributed by atoms with Crippen molar-refractivity contribution in [2.24, 2.45) is 11.1 Å². The number of anilines is 1. The van der Waals surface area contributed by atoms with Gasteiger partial charge < -0.3 is 25.4 Å². The molecule has 0 unspecified atom stereocenters. The van der Waals surface area contributed by atoms with Crippen molar-refractivity contribution in [3.63, 3.8) is 0 Å². The average molecular weight is 392 g/mol. The standard InChI is InChI=1S/C17H25N3O3.2ClH/c18-13-17(5-11-23-12-6-17)16(22)20-9-7-19(8-10-20)14-1-3-15(21)4-2-14;;/h1-4,21H,5-13,18H2;2*1H. The molecular formula is C17H27Cl2N3O3. The first-order valence-electron chi connectivity index (χ1n) is 8.26. The number of aromatic hydroxyl groups is 1. The zero-order chi connectivity index (χ0) is 16.3.